The second-order valence-corrected chi connectivity index (χ2v) is 4.64. The van der Waals surface area contributed by atoms with Gasteiger partial charge in [-0.1, -0.05) is 5.16 Å². The molecule has 1 aromatic heterocycles. The number of hydrogen-bond acceptors (Lipinski definition) is 4. The lowest BCUT2D eigenvalue weighted by Gasteiger charge is -2.05. The molecule has 0 spiro atoms. The van der Waals surface area contributed by atoms with Gasteiger partial charge in [0.2, 0.25) is 5.76 Å². The van der Waals surface area contributed by atoms with Gasteiger partial charge in [0.25, 0.3) is 5.91 Å². The summed E-state index contributed by atoms with van der Waals surface area (Å²) in [6.07, 6.45) is 0. The molecule has 0 radical (unpaired) electrons. The van der Waals surface area contributed by atoms with Gasteiger partial charge in [0, 0.05) is 16.2 Å². The number of carboxylic acid groups (broad SMARTS) is 1. The first-order valence-electron chi connectivity index (χ1n) is 5.25. The van der Waals surface area contributed by atoms with Gasteiger partial charge in [0.15, 0.2) is 0 Å². The number of carbonyl (C=O) groups excluding carboxylic acids is 1. The van der Waals surface area contributed by atoms with Gasteiger partial charge in [-0.05, 0) is 41.1 Å². The van der Waals surface area contributed by atoms with Crippen molar-refractivity contribution in [3.8, 4) is 0 Å². The molecule has 0 unspecified atom stereocenters. The van der Waals surface area contributed by atoms with Crippen LogP contribution in [0.15, 0.2) is 33.3 Å². The van der Waals surface area contributed by atoms with Crippen molar-refractivity contribution in [1.82, 2.24) is 5.16 Å². The molecule has 0 aliphatic rings. The van der Waals surface area contributed by atoms with E-state index in [2.05, 4.69) is 26.4 Å². The summed E-state index contributed by atoms with van der Waals surface area (Å²) < 4.78 is 5.25. The Kier molecular flexibility index (Phi) is 3.66. The maximum Gasteiger partial charge on any atom is 0.336 e. The van der Waals surface area contributed by atoms with Crippen LogP contribution in [0.4, 0.5) is 5.69 Å². The van der Waals surface area contributed by atoms with Crippen molar-refractivity contribution in [2.24, 2.45) is 0 Å². The van der Waals surface area contributed by atoms with Crippen LogP contribution >= 0.6 is 15.9 Å². The molecule has 0 bridgehead atoms. The van der Waals surface area contributed by atoms with E-state index >= 15 is 0 Å². The van der Waals surface area contributed by atoms with E-state index in [4.69, 9.17) is 9.63 Å². The third-order valence-corrected chi connectivity index (χ3v) is 3.00. The number of amides is 1. The van der Waals surface area contributed by atoms with Crippen molar-refractivity contribution in [1.29, 1.82) is 0 Å². The van der Waals surface area contributed by atoms with E-state index in [0.717, 1.165) is 0 Å². The number of halogens is 1. The predicted molar refractivity (Wildman–Crippen MR) is 70.3 cm³/mol. The van der Waals surface area contributed by atoms with E-state index in [-0.39, 0.29) is 11.3 Å². The normalized spacial score (nSPS) is 10.2. The molecule has 6 nitrogen and oxygen atoms in total. The van der Waals surface area contributed by atoms with Crippen molar-refractivity contribution < 1.29 is 19.2 Å². The molecule has 7 heteroatoms. The fraction of sp³-hybridized carbons (Fsp3) is 0.0833. The van der Waals surface area contributed by atoms with Gasteiger partial charge in [-0.3, -0.25) is 4.79 Å². The van der Waals surface area contributed by atoms with E-state index in [9.17, 15) is 9.59 Å². The van der Waals surface area contributed by atoms with Gasteiger partial charge in [0.1, 0.15) is 0 Å². The van der Waals surface area contributed by atoms with E-state index in [1.807, 2.05) is 0 Å². The van der Waals surface area contributed by atoms with Crippen LogP contribution in [-0.4, -0.2) is 22.1 Å². The van der Waals surface area contributed by atoms with Gasteiger partial charge in [-0.15, -0.1) is 0 Å². The molecular formula is C12H9BrN2O4. The quantitative estimate of drug-likeness (QED) is 0.905. The molecule has 0 atom stereocenters. The first-order chi connectivity index (χ1) is 8.97. The highest BCUT2D eigenvalue weighted by Crippen LogP contribution is 2.21. The van der Waals surface area contributed by atoms with E-state index in [0.29, 0.717) is 15.9 Å². The molecule has 2 aromatic rings. The number of aryl methyl sites for hydroxylation is 1. The molecule has 0 fully saturated rings. The average Bonchev–Trinajstić information content (AvgIpc) is 2.78. The summed E-state index contributed by atoms with van der Waals surface area (Å²) in [5.41, 5.74) is 1.01. The molecule has 0 saturated heterocycles. The van der Waals surface area contributed by atoms with E-state index < -0.39 is 11.9 Å². The average molecular weight is 325 g/mol. The second-order valence-electron chi connectivity index (χ2n) is 3.79. The SMILES string of the molecule is Cc1cc(C(=O)Nc2ccc(Br)c(C(=O)O)c2)on1. The summed E-state index contributed by atoms with van der Waals surface area (Å²) in [5, 5.41) is 15.1. The Balaban J connectivity index is 2.22. The highest BCUT2D eigenvalue weighted by atomic mass is 79.9. The zero-order valence-corrected chi connectivity index (χ0v) is 11.4. The molecule has 2 rings (SSSR count). The molecule has 98 valence electrons. The Hall–Kier alpha value is -2.15. The monoisotopic (exact) mass is 324 g/mol. The molecule has 1 aromatic carbocycles. The molecule has 1 heterocycles. The Morgan fingerprint density at radius 1 is 1.37 bits per heavy atom. The number of anilines is 1. The van der Waals surface area contributed by atoms with Crippen molar-refractivity contribution in [2.45, 2.75) is 6.92 Å². The van der Waals surface area contributed by atoms with Crippen molar-refractivity contribution in [2.75, 3.05) is 5.32 Å². The number of aromatic carboxylic acids is 1. The minimum atomic E-state index is -1.08. The van der Waals surface area contributed by atoms with Crippen LogP contribution in [0.2, 0.25) is 0 Å². The van der Waals surface area contributed by atoms with Crippen LogP contribution in [-0.2, 0) is 0 Å². The second kappa shape index (κ2) is 5.23. The standard InChI is InChI=1S/C12H9BrN2O4/c1-6-4-10(19-15-6)11(16)14-7-2-3-9(13)8(5-7)12(17)18/h2-5H,1H3,(H,14,16)(H,17,18). The van der Waals surface area contributed by atoms with Crippen LogP contribution in [0, 0.1) is 6.92 Å². The third kappa shape index (κ3) is 3.00. The summed E-state index contributed by atoms with van der Waals surface area (Å²) in [5.74, 6) is -1.50. The number of aromatic nitrogens is 1. The molecule has 1 amide bonds. The van der Waals surface area contributed by atoms with E-state index in [1.54, 1.807) is 19.1 Å². The van der Waals surface area contributed by atoms with Crippen LogP contribution in [0.5, 0.6) is 0 Å². The maximum absolute atomic E-state index is 11.8. The summed E-state index contributed by atoms with van der Waals surface area (Å²) in [4.78, 5) is 22.8. The molecule has 0 aliphatic carbocycles. The smallest absolute Gasteiger partial charge is 0.336 e. The minimum absolute atomic E-state index is 0.0616. The van der Waals surface area contributed by atoms with Gasteiger partial charge < -0.3 is 14.9 Å². The van der Waals surface area contributed by atoms with Crippen LogP contribution < -0.4 is 5.32 Å². The lowest BCUT2D eigenvalue weighted by Crippen LogP contribution is -2.11. The maximum atomic E-state index is 11.8. The molecular weight excluding hydrogens is 316 g/mol. The molecule has 0 aliphatic heterocycles. The Morgan fingerprint density at radius 3 is 2.68 bits per heavy atom. The number of benzene rings is 1. The highest BCUT2D eigenvalue weighted by Gasteiger charge is 2.14. The summed E-state index contributed by atoms with van der Waals surface area (Å²) in [6, 6.07) is 5.97. The van der Waals surface area contributed by atoms with Crippen LogP contribution in [0.25, 0.3) is 0 Å². The predicted octanol–water partition coefficient (Wildman–Crippen LogP) is 2.70. The van der Waals surface area contributed by atoms with E-state index in [1.165, 1.54) is 12.1 Å². The first-order valence-corrected chi connectivity index (χ1v) is 6.04. The van der Waals surface area contributed by atoms with Gasteiger partial charge in [-0.25, -0.2) is 4.79 Å². The number of hydrogen-bond donors (Lipinski definition) is 2. The number of carbonyl (C=O) groups is 2. The summed E-state index contributed by atoms with van der Waals surface area (Å²) in [6.45, 7) is 1.70. The Labute approximate surface area is 116 Å². The molecule has 2 N–H and O–H groups in total. The molecule has 0 saturated carbocycles. The lowest BCUT2D eigenvalue weighted by atomic mass is 10.2. The zero-order valence-electron chi connectivity index (χ0n) is 9.81. The van der Waals surface area contributed by atoms with Gasteiger partial charge >= 0.3 is 5.97 Å². The fourth-order valence-corrected chi connectivity index (χ4v) is 1.85. The Bertz CT molecular complexity index is 651. The minimum Gasteiger partial charge on any atom is -0.478 e. The topological polar surface area (TPSA) is 92.4 Å². The van der Waals surface area contributed by atoms with Crippen molar-refractivity contribution >= 4 is 33.5 Å². The lowest BCUT2D eigenvalue weighted by molar-refractivity contribution is 0.0695. The van der Waals surface area contributed by atoms with Crippen molar-refractivity contribution in [3.63, 3.8) is 0 Å². The third-order valence-electron chi connectivity index (χ3n) is 2.31. The fourth-order valence-electron chi connectivity index (χ4n) is 1.43. The zero-order chi connectivity index (χ0) is 14.0. The first kappa shape index (κ1) is 13.3. The van der Waals surface area contributed by atoms with Gasteiger partial charge in [-0.2, -0.15) is 0 Å². The Morgan fingerprint density at radius 2 is 2.11 bits per heavy atom. The summed E-state index contributed by atoms with van der Waals surface area (Å²) in [7, 11) is 0. The number of nitrogens with zero attached hydrogens (tertiary/aromatic N) is 1. The summed E-state index contributed by atoms with van der Waals surface area (Å²) >= 11 is 3.12. The number of carboxylic acids is 1. The van der Waals surface area contributed by atoms with Crippen molar-refractivity contribution in [3.05, 3.63) is 45.8 Å². The highest BCUT2D eigenvalue weighted by molar-refractivity contribution is 9.10. The molecule has 19 heavy (non-hydrogen) atoms. The number of rotatable bonds is 3. The number of nitrogens with one attached hydrogen (secondary N) is 1. The van der Waals surface area contributed by atoms with Crippen LogP contribution in [0.3, 0.4) is 0 Å². The van der Waals surface area contributed by atoms with Gasteiger partial charge in [0.05, 0.1) is 11.3 Å². The van der Waals surface area contributed by atoms with Crippen LogP contribution in [0.1, 0.15) is 26.6 Å². The largest absolute Gasteiger partial charge is 0.478 e.